The maximum absolute atomic E-state index is 10.5. The van der Waals surface area contributed by atoms with Crippen molar-refractivity contribution in [3.8, 4) is 0 Å². The Morgan fingerprint density at radius 3 is 2.29 bits per heavy atom. The molecule has 0 atom stereocenters. The highest BCUT2D eigenvalue weighted by Gasteiger charge is 2.22. The van der Waals surface area contributed by atoms with Crippen LogP contribution < -0.4 is 0 Å². The van der Waals surface area contributed by atoms with Gasteiger partial charge in [0.1, 0.15) is 9.86 Å². The molecule has 76 valence electrons. The quantitative estimate of drug-likeness (QED) is 0.456. The van der Waals surface area contributed by atoms with E-state index in [0.29, 0.717) is 0 Å². The summed E-state index contributed by atoms with van der Waals surface area (Å²) in [5, 5.41) is 10.6. The van der Waals surface area contributed by atoms with Gasteiger partial charge in [0, 0.05) is 16.7 Å². The fourth-order valence-corrected chi connectivity index (χ4v) is 2.23. The van der Waals surface area contributed by atoms with Crippen LogP contribution in [0.4, 0.5) is 5.69 Å². The Kier molecular flexibility index (Phi) is 3.84. The van der Waals surface area contributed by atoms with Crippen LogP contribution in [0, 0.1) is 10.1 Å². The van der Waals surface area contributed by atoms with Gasteiger partial charge in [0.2, 0.25) is 0 Å². The Morgan fingerprint density at radius 1 is 1.29 bits per heavy atom. The Balaban J connectivity index is 3.41. The lowest BCUT2D eigenvalue weighted by molar-refractivity contribution is -0.384. The largest absolute Gasteiger partial charge is 0.288 e. The number of benzene rings is 1. The van der Waals surface area contributed by atoms with Crippen LogP contribution in [0.2, 0.25) is 10.0 Å². The Labute approximate surface area is 99.7 Å². The van der Waals surface area contributed by atoms with E-state index in [-0.39, 0.29) is 21.3 Å². The standard InChI is InChI=1S/C7H3Cl4NO2/c8-3-1-2-4(12(13)14)6(9)5(3)7(10)11/h1-2,7H. The lowest BCUT2D eigenvalue weighted by atomic mass is 10.2. The highest BCUT2D eigenvalue weighted by Crippen LogP contribution is 2.40. The highest BCUT2D eigenvalue weighted by molar-refractivity contribution is 6.47. The molecule has 3 nitrogen and oxygen atoms in total. The van der Waals surface area contributed by atoms with E-state index in [1.54, 1.807) is 0 Å². The zero-order valence-electron chi connectivity index (χ0n) is 6.51. The van der Waals surface area contributed by atoms with Crippen molar-refractivity contribution in [1.82, 2.24) is 0 Å². The molecule has 0 heterocycles. The highest BCUT2D eigenvalue weighted by atomic mass is 35.5. The molecular formula is C7H3Cl4NO2. The SMILES string of the molecule is O=[N+]([O-])c1ccc(Cl)c(C(Cl)Cl)c1Cl. The number of alkyl halides is 2. The molecule has 0 radical (unpaired) electrons. The topological polar surface area (TPSA) is 43.1 Å². The number of nitro benzene ring substituents is 1. The summed E-state index contributed by atoms with van der Waals surface area (Å²) in [7, 11) is 0. The average Bonchev–Trinajstić information content (AvgIpc) is 2.02. The molecule has 0 bridgehead atoms. The molecule has 0 N–H and O–H groups in total. The summed E-state index contributed by atoms with van der Waals surface area (Å²) in [6, 6.07) is 2.53. The second-order valence-corrected chi connectivity index (χ2v) is 4.23. The predicted molar refractivity (Wildman–Crippen MR) is 57.6 cm³/mol. The van der Waals surface area contributed by atoms with Gasteiger partial charge in [0.25, 0.3) is 5.69 Å². The van der Waals surface area contributed by atoms with Crippen LogP contribution in [-0.4, -0.2) is 4.92 Å². The zero-order chi connectivity index (χ0) is 10.9. The molecule has 1 rings (SSSR count). The van der Waals surface area contributed by atoms with E-state index in [4.69, 9.17) is 46.4 Å². The molecule has 0 aliphatic rings. The maximum Gasteiger partial charge on any atom is 0.288 e. The van der Waals surface area contributed by atoms with Crippen LogP contribution in [0.15, 0.2) is 12.1 Å². The van der Waals surface area contributed by atoms with E-state index in [1.165, 1.54) is 12.1 Å². The van der Waals surface area contributed by atoms with E-state index in [2.05, 4.69) is 0 Å². The molecule has 0 aliphatic carbocycles. The maximum atomic E-state index is 10.5. The molecule has 7 heteroatoms. The van der Waals surface area contributed by atoms with Gasteiger partial charge in [-0.2, -0.15) is 0 Å². The van der Waals surface area contributed by atoms with Crippen molar-refractivity contribution >= 4 is 52.1 Å². The van der Waals surface area contributed by atoms with Crippen LogP contribution in [-0.2, 0) is 0 Å². The first-order valence-corrected chi connectivity index (χ1v) is 4.98. The van der Waals surface area contributed by atoms with Gasteiger partial charge in [-0.05, 0) is 6.07 Å². The summed E-state index contributed by atoms with van der Waals surface area (Å²) in [6.07, 6.45) is 0. The van der Waals surface area contributed by atoms with Crippen LogP contribution in [0.25, 0.3) is 0 Å². The van der Waals surface area contributed by atoms with Gasteiger partial charge < -0.3 is 0 Å². The number of hydrogen-bond acceptors (Lipinski definition) is 2. The van der Waals surface area contributed by atoms with Gasteiger partial charge in [-0.1, -0.05) is 46.4 Å². The second-order valence-electron chi connectivity index (χ2n) is 2.35. The van der Waals surface area contributed by atoms with Crippen LogP contribution in [0.3, 0.4) is 0 Å². The van der Waals surface area contributed by atoms with Crippen LogP contribution in [0.1, 0.15) is 10.4 Å². The minimum atomic E-state index is -0.991. The first-order chi connectivity index (χ1) is 6.45. The van der Waals surface area contributed by atoms with E-state index in [0.717, 1.165) is 0 Å². The summed E-state index contributed by atoms with van der Waals surface area (Å²) < 4.78 is 0. The van der Waals surface area contributed by atoms with Crippen LogP contribution in [0.5, 0.6) is 0 Å². The number of halogens is 4. The molecule has 0 saturated carbocycles. The Hall–Kier alpha value is -0.220. The van der Waals surface area contributed by atoms with Crippen molar-refractivity contribution < 1.29 is 4.92 Å². The minimum absolute atomic E-state index is 0.127. The van der Waals surface area contributed by atoms with Crippen molar-refractivity contribution in [2.24, 2.45) is 0 Å². The molecule has 14 heavy (non-hydrogen) atoms. The third-order valence-corrected chi connectivity index (χ3v) is 2.68. The van der Waals surface area contributed by atoms with E-state index < -0.39 is 9.76 Å². The van der Waals surface area contributed by atoms with Crippen molar-refractivity contribution in [2.45, 2.75) is 4.84 Å². The summed E-state index contributed by atoms with van der Waals surface area (Å²) in [6.45, 7) is 0. The number of rotatable bonds is 2. The van der Waals surface area contributed by atoms with Gasteiger partial charge >= 0.3 is 0 Å². The molecule has 0 unspecified atom stereocenters. The molecule has 0 fully saturated rings. The molecule has 1 aromatic carbocycles. The Bertz CT molecular complexity index is 380. The lowest BCUT2D eigenvalue weighted by Crippen LogP contribution is -1.94. The molecule has 0 aliphatic heterocycles. The van der Waals surface area contributed by atoms with E-state index in [1.807, 2.05) is 0 Å². The lowest BCUT2D eigenvalue weighted by Gasteiger charge is -2.07. The van der Waals surface area contributed by atoms with Gasteiger partial charge in [-0.3, -0.25) is 10.1 Å². The fourth-order valence-electron chi connectivity index (χ4n) is 0.899. The average molecular weight is 275 g/mol. The molecule has 0 aromatic heterocycles. The van der Waals surface area contributed by atoms with Gasteiger partial charge in [-0.25, -0.2) is 0 Å². The number of nitrogens with zero attached hydrogens (tertiary/aromatic N) is 1. The monoisotopic (exact) mass is 273 g/mol. The summed E-state index contributed by atoms with van der Waals surface area (Å²) in [5.74, 6) is 0. The van der Waals surface area contributed by atoms with Crippen molar-refractivity contribution in [2.75, 3.05) is 0 Å². The van der Waals surface area contributed by atoms with E-state index in [9.17, 15) is 10.1 Å². The summed E-state index contributed by atoms with van der Waals surface area (Å²) in [5.41, 5.74) is -0.108. The number of hydrogen-bond donors (Lipinski definition) is 0. The molecule has 1 aromatic rings. The van der Waals surface area contributed by atoms with Gasteiger partial charge in [0.15, 0.2) is 0 Å². The van der Waals surface area contributed by atoms with Crippen LogP contribution >= 0.6 is 46.4 Å². The minimum Gasteiger partial charge on any atom is -0.258 e. The fraction of sp³-hybridized carbons (Fsp3) is 0.143. The molecule has 0 saturated heterocycles. The third-order valence-electron chi connectivity index (χ3n) is 1.52. The van der Waals surface area contributed by atoms with Crippen molar-refractivity contribution in [1.29, 1.82) is 0 Å². The van der Waals surface area contributed by atoms with Gasteiger partial charge in [-0.15, -0.1) is 0 Å². The summed E-state index contributed by atoms with van der Waals surface area (Å²) >= 11 is 22.6. The first-order valence-electron chi connectivity index (χ1n) is 3.35. The Morgan fingerprint density at radius 2 is 1.86 bits per heavy atom. The first kappa shape index (κ1) is 11.9. The molecule has 0 spiro atoms. The zero-order valence-corrected chi connectivity index (χ0v) is 9.53. The third kappa shape index (κ3) is 2.23. The van der Waals surface area contributed by atoms with Gasteiger partial charge in [0.05, 0.1) is 4.92 Å². The normalized spacial score (nSPS) is 10.6. The second kappa shape index (κ2) is 4.53. The summed E-state index contributed by atoms with van der Waals surface area (Å²) in [4.78, 5) is 8.88. The smallest absolute Gasteiger partial charge is 0.258 e. The molecule has 0 amide bonds. The van der Waals surface area contributed by atoms with E-state index >= 15 is 0 Å². The number of nitro groups is 1. The molecular weight excluding hydrogens is 272 g/mol. The van der Waals surface area contributed by atoms with Crippen molar-refractivity contribution in [3.63, 3.8) is 0 Å². The predicted octanol–water partition coefficient (Wildman–Crippen LogP) is 4.38. The van der Waals surface area contributed by atoms with Crippen molar-refractivity contribution in [3.05, 3.63) is 37.9 Å².